The highest BCUT2D eigenvalue weighted by Crippen LogP contribution is 2.71. The van der Waals surface area contributed by atoms with Gasteiger partial charge in [-0.1, -0.05) is 61.3 Å². The highest BCUT2D eigenvalue weighted by Gasteiger charge is 2.71. The zero-order chi connectivity index (χ0) is 23.3. The van der Waals surface area contributed by atoms with Crippen LogP contribution in [0, 0.1) is 16.2 Å². The Morgan fingerprint density at radius 3 is 2.53 bits per heavy atom. The molecule has 0 aromatic heterocycles. The molecule has 0 heterocycles. The van der Waals surface area contributed by atoms with Crippen LogP contribution in [0.25, 0.3) is 0 Å². The van der Waals surface area contributed by atoms with Crippen LogP contribution in [0.2, 0.25) is 10.0 Å². The summed E-state index contributed by atoms with van der Waals surface area (Å²) in [6.07, 6.45) is 1.88. The molecule has 8 heteroatoms. The summed E-state index contributed by atoms with van der Waals surface area (Å²) < 4.78 is 0.638. The fourth-order valence-corrected chi connectivity index (χ4v) is 5.91. The summed E-state index contributed by atoms with van der Waals surface area (Å²) in [4.78, 5) is 31.5. The van der Waals surface area contributed by atoms with E-state index in [-0.39, 0.29) is 11.3 Å². The van der Waals surface area contributed by atoms with E-state index in [1.54, 1.807) is 36.4 Å². The average Bonchev–Trinajstić information content (AvgIpc) is 3.05. The van der Waals surface area contributed by atoms with Gasteiger partial charge < -0.3 is 10.2 Å². The molecular formula is C24H23BrCl2N2O3. The molecule has 2 aliphatic carbocycles. The molecule has 168 valence electrons. The second kappa shape index (κ2) is 8.15. The molecule has 1 amide bonds. The van der Waals surface area contributed by atoms with Crippen LogP contribution in [0.5, 0.6) is 0 Å². The van der Waals surface area contributed by atoms with Crippen LogP contribution in [0.1, 0.15) is 50.4 Å². The number of hydrogen-bond acceptors (Lipinski definition) is 4. The van der Waals surface area contributed by atoms with E-state index >= 15 is 0 Å². The van der Waals surface area contributed by atoms with Gasteiger partial charge in [0.25, 0.3) is 0 Å². The molecule has 1 N–H and O–H groups in total. The van der Waals surface area contributed by atoms with Gasteiger partial charge in [0.2, 0.25) is 5.91 Å². The van der Waals surface area contributed by atoms with E-state index in [0.717, 1.165) is 12.1 Å². The van der Waals surface area contributed by atoms with E-state index in [9.17, 15) is 9.59 Å². The molecule has 2 aromatic rings. The first-order valence-electron chi connectivity index (χ1n) is 10.3. The third kappa shape index (κ3) is 3.47. The normalized spacial score (nSPS) is 26.9. The number of carbonyl (C=O) groups excluding carboxylic acids is 2. The van der Waals surface area contributed by atoms with Crippen LogP contribution in [0.15, 0.2) is 52.1 Å². The fraction of sp³-hybridized carbons (Fsp3) is 0.375. The predicted octanol–water partition coefficient (Wildman–Crippen LogP) is 7.12. The van der Waals surface area contributed by atoms with Crippen molar-refractivity contribution < 1.29 is 14.4 Å². The number of halogens is 3. The van der Waals surface area contributed by atoms with Gasteiger partial charge in [0.1, 0.15) is 0 Å². The van der Waals surface area contributed by atoms with Crippen LogP contribution in [-0.4, -0.2) is 17.6 Å². The van der Waals surface area contributed by atoms with Crippen molar-refractivity contribution in [1.82, 2.24) is 0 Å². The minimum atomic E-state index is -0.702. The van der Waals surface area contributed by atoms with E-state index in [0.29, 0.717) is 38.6 Å². The van der Waals surface area contributed by atoms with E-state index in [1.165, 1.54) is 0 Å². The first kappa shape index (κ1) is 23.3. The highest BCUT2D eigenvalue weighted by atomic mass is 79.9. The lowest BCUT2D eigenvalue weighted by molar-refractivity contribution is -0.130. The Kier molecular flexibility index (Phi) is 5.93. The maximum atomic E-state index is 13.6. The van der Waals surface area contributed by atoms with Crippen molar-refractivity contribution >= 4 is 62.4 Å². The van der Waals surface area contributed by atoms with Crippen LogP contribution in [0.4, 0.5) is 5.69 Å². The van der Waals surface area contributed by atoms with Crippen LogP contribution < -0.4 is 5.32 Å². The number of amides is 1. The van der Waals surface area contributed by atoms with Gasteiger partial charge in [0.15, 0.2) is 0 Å². The topological polar surface area (TPSA) is 67.8 Å². The van der Waals surface area contributed by atoms with Gasteiger partial charge in [-0.2, -0.15) is 0 Å². The van der Waals surface area contributed by atoms with Crippen molar-refractivity contribution in [2.45, 2.75) is 40.0 Å². The van der Waals surface area contributed by atoms with Crippen molar-refractivity contribution in [2.75, 3.05) is 5.32 Å². The smallest absolute Gasteiger partial charge is 0.324 e. The minimum absolute atomic E-state index is 0.127. The first-order chi connectivity index (χ1) is 15.0. The summed E-state index contributed by atoms with van der Waals surface area (Å²) >= 11 is 15.7. The van der Waals surface area contributed by atoms with Crippen LogP contribution in [-0.2, 0) is 9.63 Å². The molecular weight excluding hydrogens is 515 g/mol. The van der Waals surface area contributed by atoms with Gasteiger partial charge in [-0.3, -0.25) is 4.79 Å². The molecule has 2 bridgehead atoms. The number of rotatable bonds is 4. The van der Waals surface area contributed by atoms with Crippen LogP contribution >= 0.6 is 39.1 Å². The molecule has 5 nitrogen and oxygen atoms in total. The lowest BCUT2D eigenvalue weighted by Crippen LogP contribution is -2.43. The van der Waals surface area contributed by atoms with E-state index in [2.05, 4.69) is 47.2 Å². The van der Waals surface area contributed by atoms with Gasteiger partial charge in [-0.25, -0.2) is 4.79 Å². The number of benzene rings is 2. The van der Waals surface area contributed by atoms with Gasteiger partial charge in [-0.05, 0) is 64.5 Å². The Balaban J connectivity index is 1.62. The van der Waals surface area contributed by atoms with Crippen molar-refractivity contribution in [3.05, 3.63) is 62.5 Å². The monoisotopic (exact) mass is 536 g/mol. The molecule has 0 radical (unpaired) electrons. The molecule has 2 aromatic carbocycles. The van der Waals surface area contributed by atoms with Crippen molar-refractivity contribution in [1.29, 1.82) is 0 Å². The van der Waals surface area contributed by atoms with Gasteiger partial charge >= 0.3 is 5.97 Å². The minimum Gasteiger partial charge on any atom is -0.324 e. The summed E-state index contributed by atoms with van der Waals surface area (Å²) in [5, 5.41) is 8.17. The Labute approximate surface area is 205 Å². The predicted molar refractivity (Wildman–Crippen MR) is 130 cm³/mol. The molecule has 0 aliphatic heterocycles. The largest absolute Gasteiger partial charge is 0.366 e. The first-order valence-corrected chi connectivity index (χ1v) is 11.9. The molecule has 2 fully saturated rings. The number of anilines is 1. The highest BCUT2D eigenvalue weighted by molar-refractivity contribution is 9.10. The quantitative estimate of drug-likeness (QED) is 0.333. The molecule has 4 rings (SSSR count). The summed E-state index contributed by atoms with van der Waals surface area (Å²) in [6.45, 7) is 6.25. The lowest BCUT2D eigenvalue weighted by atomic mass is 9.64. The van der Waals surface area contributed by atoms with Gasteiger partial charge in [0, 0.05) is 21.3 Å². The summed E-state index contributed by atoms with van der Waals surface area (Å²) in [7, 11) is 0. The Morgan fingerprint density at radius 1 is 1.09 bits per heavy atom. The van der Waals surface area contributed by atoms with Crippen molar-refractivity contribution in [3.8, 4) is 0 Å². The van der Waals surface area contributed by atoms with Crippen molar-refractivity contribution in [3.63, 3.8) is 0 Å². The van der Waals surface area contributed by atoms with Gasteiger partial charge in [0.05, 0.1) is 27.4 Å². The SMILES string of the molecule is CC12CCC(C(=O)Nc3cc(Cl)ccc3Cl)(CC1=NOC(=O)c1ccccc1Br)C2(C)C. The summed E-state index contributed by atoms with van der Waals surface area (Å²) in [5.41, 5.74) is 0.110. The number of fused-ring (bicyclic) bond motifs is 2. The molecule has 0 saturated heterocycles. The average molecular weight is 538 g/mol. The molecule has 2 unspecified atom stereocenters. The maximum Gasteiger partial charge on any atom is 0.366 e. The second-order valence-electron chi connectivity index (χ2n) is 9.19. The van der Waals surface area contributed by atoms with E-state index < -0.39 is 16.8 Å². The van der Waals surface area contributed by atoms with E-state index in [4.69, 9.17) is 28.0 Å². The summed E-state index contributed by atoms with van der Waals surface area (Å²) in [6, 6.07) is 12.0. The second-order valence-corrected chi connectivity index (χ2v) is 10.9. The third-order valence-corrected chi connectivity index (χ3v) is 8.93. The molecule has 32 heavy (non-hydrogen) atoms. The standard InChI is InChI=1S/C24H23BrCl2N2O3/c1-22(2)23(3)10-11-24(22,21(31)28-18-12-14(26)8-9-17(18)27)13-19(23)29-32-20(30)15-6-4-5-7-16(15)25/h4-9,12H,10-11,13H2,1-3H3,(H,28,31). The summed E-state index contributed by atoms with van der Waals surface area (Å²) in [5.74, 6) is -0.670. The number of carbonyl (C=O) groups is 2. The Hall–Kier alpha value is -1.89. The van der Waals surface area contributed by atoms with Gasteiger partial charge in [-0.15, -0.1) is 0 Å². The maximum absolute atomic E-state index is 13.6. The number of hydrogen-bond donors (Lipinski definition) is 1. The van der Waals surface area contributed by atoms with Crippen molar-refractivity contribution in [2.24, 2.45) is 21.4 Å². The zero-order valence-corrected chi connectivity index (χ0v) is 21.1. The number of nitrogens with one attached hydrogen (secondary N) is 1. The molecule has 2 aliphatic rings. The number of nitrogens with zero attached hydrogens (tertiary/aromatic N) is 1. The Bertz CT molecular complexity index is 1150. The third-order valence-electron chi connectivity index (χ3n) is 7.68. The zero-order valence-electron chi connectivity index (χ0n) is 18.0. The number of oxime groups is 1. The van der Waals surface area contributed by atoms with Crippen LogP contribution in [0.3, 0.4) is 0 Å². The lowest BCUT2D eigenvalue weighted by Gasteiger charge is -2.39. The molecule has 0 spiro atoms. The van der Waals surface area contributed by atoms with E-state index in [1.807, 2.05) is 6.07 Å². The Morgan fingerprint density at radius 2 is 1.81 bits per heavy atom. The fourth-order valence-electron chi connectivity index (χ4n) is 5.13. The molecule has 2 atom stereocenters. The molecule has 2 saturated carbocycles.